The van der Waals surface area contributed by atoms with Gasteiger partial charge in [0.1, 0.15) is 5.82 Å². The fourth-order valence-electron chi connectivity index (χ4n) is 2.91. The van der Waals surface area contributed by atoms with Crippen molar-refractivity contribution >= 4 is 11.6 Å². The lowest BCUT2D eigenvalue weighted by Gasteiger charge is -2.10. The van der Waals surface area contributed by atoms with Gasteiger partial charge in [0.25, 0.3) is 5.91 Å². The van der Waals surface area contributed by atoms with Gasteiger partial charge in [0.15, 0.2) is 0 Å². The molecule has 0 saturated carbocycles. The summed E-state index contributed by atoms with van der Waals surface area (Å²) in [5, 5.41) is 6.40. The second-order valence-corrected chi connectivity index (χ2v) is 6.51. The minimum absolute atomic E-state index is 0.191. The fourth-order valence-corrected chi connectivity index (χ4v) is 2.91. The highest BCUT2D eigenvalue weighted by Gasteiger charge is 2.13. The number of aryl methyl sites for hydroxylation is 2. The molecule has 1 aromatic heterocycles. The summed E-state index contributed by atoms with van der Waals surface area (Å²) in [7, 11) is 0. The third-order valence-corrected chi connectivity index (χ3v) is 4.50. The second-order valence-electron chi connectivity index (χ2n) is 6.51. The molecule has 0 bridgehead atoms. The summed E-state index contributed by atoms with van der Waals surface area (Å²) in [4.78, 5) is 20.5. The van der Waals surface area contributed by atoms with Crippen LogP contribution in [0.5, 0.6) is 0 Å². The zero-order chi connectivity index (χ0) is 18.2. The van der Waals surface area contributed by atoms with Gasteiger partial charge in [-0.2, -0.15) is 0 Å². The molecule has 6 heteroatoms. The standard InChI is InChI=1S/C20H26N4O2/c1-2-19-22-12-16(13-23-19)20(25)24-17-7-5-15(6-8-17)4-3-10-21-18-9-11-26-14-18/h5-8,12-13,18,21H,2-4,9-11,14H2,1H3,(H,24,25)/t18-/m1/s1. The predicted molar refractivity (Wildman–Crippen MR) is 101 cm³/mol. The van der Waals surface area contributed by atoms with E-state index in [-0.39, 0.29) is 5.91 Å². The van der Waals surface area contributed by atoms with Crippen LogP contribution in [0.2, 0.25) is 0 Å². The predicted octanol–water partition coefficient (Wildman–Crippen LogP) is 2.60. The summed E-state index contributed by atoms with van der Waals surface area (Å²) in [5.74, 6) is 0.546. The molecule has 0 radical (unpaired) electrons. The monoisotopic (exact) mass is 354 g/mol. The number of nitrogens with one attached hydrogen (secondary N) is 2. The Bertz CT molecular complexity index is 695. The van der Waals surface area contributed by atoms with Crippen LogP contribution in [0.3, 0.4) is 0 Å². The lowest BCUT2D eigenvalue weighted by Crippen LogP contribution is -2.30. The normalized spacial score (nSPS) is 16.6. The SMILES string of the molecule is CCc1ncc(C(=O)Nc2ccc(CCCN[C@@H]3CCOC3)cc2)cn1. The minimum Gasteiger partial charge on any atom is -0.380 e. The quantitative estimate of drug-likeness (QED) is 0.713. The number of nitrogens with zero attached hydrogens (tertiary/aromatic N) is 2. The number of benzene rings is 1. The molecule has 1 saturated heterocycles. The van der Waals surface area contributed by atoms with Crippen LogP contribution in [0.25, 0.3) is 0 Å². The first kappa shape index (κ1) is 18.5. The average molecular weight is 354 g/mol. The molecular weight excluding hydrogens is 328 g/mol. The Morgan fingerprint density at radius 1 is 1.23 bits per heavy atom. The third kappa shape index (κ3) is 5.34. The number of carbonyl (C=O) groups excluding carboxylic acids is 1. The molecule has 0 aliphatic carbocycles. The molecule has 3 rings (SSSR count). The fraction of sp³-hybridized carbons (Fsp3) is 0.450. The molecule has 6 nitrogen and oxygen atoms in total. The van der Waals surface area contributed by atoms with Gasteiger partial charge in [-0.15, -0.1) is 0 Å². The first-order chi connectivity index (χ1) is 12.7. The van der Waals surface area contributed by atoms with E-state index in [2.05, 4.69) is 32.7 Å². The summed E-state index contributed by atoms with van der Waals surface area (Å²) in [6.07, 6.45) is 7.11. The molecule has 0 spiro atoms. The van der Waals surface area contributed by atoms with E-state index < -0.39 is 0 Å². The number of hydrogen-bond donors (Lipinski definition) is 2. The van der Waals surface area contributed by atoms with Crippen molar-refractivity contribution in [1.82, 2.24) is 15.3 Å². The van der Waals surface area contributed by atoms with Crippen molar-refractivity contribution < 1.29 is 9.53 Å². The van der Waals surface area contributed by atoms with Gasteiger partial charge in [0.2, 0.25) is 0 Å². The molecule has 1 amide bonds. The Labute approximate surface area is 154 Å². The van der Waals surface area contributed by atoms with Gasteiger partial charge in [0, 0.05) is 37.2 Å². The van der Waals surface area contributed by atoms with Gasteiger partial charge in [-0.1, -0.05) is 19.1 Å². The molecule has 138 valence electrons. The van der Waals surface area contributed by atoms with Gasteiger partial charge < -0.3 is 15.4 Å². The van der Waals surface area contributed by atoms with Crippen LogP contribution in [0.15, 0.2) is 36.7 Å². The highest BCUT2D eigenvalue weighted by Crippen LogP contribution is 2.12. The first-order valence-corrected chi connectivity index (χ1v) is 9.27. The molecule has 2 aromatic rings. The van der Waals surface area contributed by atoms with Crippen LogP contribution in [0.1, 0.15) is 41.5 Å². The van der Waals surface area contributed by atoms with Crippen LogP contribution in [0, 0.1) is 0 Å². The van der Waals surface area contributed by atoms with Gasteiger partial charge >= 0.3 is 0 Å². The van der Waals surface area contributed by atoms with Gasteiger partial charge in [-0.3, -0.25) is 4.79 Å². The van der Waals surface area contributed by atoms with E-state index in [9.17, 15) is 4.79 Å². The number of amides is 1. The molecule has 1 fully saturated rings. The van der Waals surface area contributed by atoms with Crippen molar-refractivity contribution in [3.63, 3.8) is 0 Å². The lowest BCUT2D eigenvalue weighted by atomic mass is 10.1. The van der Waals surface area contributed by atoms with Crippen LogP contribution < -0.4 is 10.6 Å². The average Bonchev–Trinajstić information content (AvgIpc) is 3.20. The number of ether oxygens (including phenoxy) is 1. The van der Waals surface area contributed by atoms with Gasteiger partial charge in [0.05, 0.1) is 12.2 Å². The van der Waals surface area contributed by atoms with Crippen LogP contribution in [-0.4, -0.2) is 41.7 Å². The number of aromatic nitrogens is 2. The zero-order valence-electron chi connectivity index (χ0n) is 15.2. The largest absolute Gasteiger partial charge is 0.380 e. The zero-order valence-corrected chi connectivity index (χ0v) is 15.2. The highest BCUT2D eigenvalue weighted by molar-refractivity contribution is 6.03. The summed E-state index contributed by atoms with van der Waals surface area (Å²) in [5.41, 5.74) is 2.51. The molecule has 1 aliphatic heterocycles. The molecule has 26 heavy (non-hydrogen) atoms. The molecule has 0 unspecified atom stereocenters. The number of hydrogen-bond acceptors (Lipinski definition) is 5. The first-order valence-electron chi connectivity index (χ1n) is 9.27. The van der Waals surface area contributed by atoms with Crippen molar-refractivity contribution in [2.45, 2.75) is 38.6 Å². The topological polar surface area (TPSA) is 76.1 Å². The van der Waals surface area contributed by atoms with E-state index in [4.69, 9.17) is 4.74 Å². The molecular formula is C20H26N4O2. The Morgan fingerprint density at radius 3 is 2.65 bits per heavy atom. The number of rotatable bonds is 8. The summed E-state index contributed by atoms with van der Waals surface area (Å²) < 4.78 is 5.36. The molecule has 2 N–H and O–H groups in total. The van der Waals surface area contributed by atoms with Crippen LogP contribution in [-0.2, 0) is 17.6 Å². The van der Waals surface area contributed by atoms with Crippen molar-refractivity contribution in [2.24, 2.45) is 0 Å². The summed E-state index contributed by atoms with van der Waals surface area (Å²) in [6, 6.07) is 8.51. The maximum atomic E-state index is 12.2. The van der Waals surface area contributed by atoms with Crippen molar-refractivity contribution in [3.8, 4) is 0 Å². The van der Waals surface area contributed by atoms with E-state index in [0.717, 1.165) is 57.0 Å². The Balaban J connectivity index is 1.43. The number of anilines is 1. The highest BCUT2D eigenvalue weighted by atomic mass is 16.5. The van der Waals surface area contributed by atoms with Crippen LogP contribution >= 0.6 is 0 Å². The second kappa shape index (κ2) is 9.40. The van der Waals surface area contributed by atoms with Gasteiger partial charge in [-0.25, -0.2) is 9.97 Å². The Hall–Kier alpha value is -2.31. The summed E-state index contributed by atoms with van der Waals surface area (Å²) >= 11 is 0. The van der Waals surface area contributed by atoms with E-state index in [1.54, 1.807) is 12.4 Å². The van der Waals surface area contributed by atoms with Crippen molar-refractivity contribution in [1.29, 1.82) is 0 Å². The van der Waals surface area contributed by atoms with E-state index in [1.165, 1.54) is 5.56 Å². The van der Waals surface area contributed by atoms with Crippen molar-refractivity contribution in [2.75, 3.05) is 25.1 Å². The van der Waals surface area contributed by atoms with E-state index in [0.29, 0.717) is 11.6 Å². The van der Waals surface area contributed by atoms with E-state index >= 15 is 0 Å². The van der Waals surface area contributed by atoms with Crippen LogP contribution in [0.4, 0.5) is 5.69 Å². The minimum atomic E-state index is -0.191. The molecule has 1 aromatic carbocycles. The molecule has 1 atom stereocenters. The smallest absolute Gasteiger partial charge is 0.258 e. The molecule has 2 heterocycles. The maximum absolute atomic E-state index is 12.2. The van der Waals surface area contributed by atoms with E-state index in [1.807, 2.05) is 19.1 Å². The maximum Gasteiger partial charge on any atom is 0.258 e. The number of carbonyl (C=O) groups is 1. The summed E-state index contributed by atoms with van der Waals surface area (Å²) in [6.45, 7) is 4.69. The Morgan fingerprint density at radius 2 is 2.00 bits per heavy atom. The lowest BCUT2D eigenvalue weighted by molar-refractivity contribution is 0.102. The van der Waals surface area contributed by atoms with Crippen molar-refractivity contribution in [3.05, 3.63) is 53.6 Å². The molecule has 1 aliphatic rings. The Kier molecular flexibility index (Phi) is 6.68. The third-order valence-electron chi connectivity index (χ3n) is 4.50. The van der Waals surface area contributed by atoms with Gasteiger partial charge in [-0.05, 0) is 43.5 Å².